The molecule has 1 aliphatic heterocycles. The lowest BCUT2D eigenvalue weighted by Crippen LogP contribution is -2.50. The number of piperazine rings is 1. The molecule has 1 aliphatic rings. The summed E-state index contributed by atoms with van der Waals surface area (Å²) in [5.41, 5.74) is 2.00. The number of benzene rings is 2. The quantitative estimate of drug-likeness (QED) is 0.645. The van der Waals surface area contributed by atoms with Crippen molar-refractivity contribution in [1.29, 1.82) is 0 Å². The molecule has 4 rings (SSSR count). The van der Waals surface area contributed by atoms with Crippen LogP contribution in [0.3, 0.4) is 0 Å². The third kappa shape index (κ3) is 3.60. The Labute approximate surface area is 167 Å². The maximum Gasteiger partial charge on any atom is 0.254 e. The smallest absolute Gasteiger partial charge is 0.254 e. The summed E-state index contributed by atoms with van der Waals surface area (Å²) < 4.78 is 41.6. The molecule has 2 aromatic carbocycles. The highest BCUT2D eigenvalue weighted by molar-refractivity contribution is 7.89. The largest absolute Gasteiger partial charge is 0.336 e. The molecule has 0 N–H and O–H groups in total. The standard InChI is InChI=1S/C19H20FN5O3S/c1-2-25-18-8-3-14(13-17(18)21-22-25)19(26)23-9-11-24(12-10-23)29(27,28)16-6-4-15(20)5-7-16/h3-8,13H,2,9-12H2,1H3. The van der Waals surface area contributed by atoms with Crippen LogP contribution in [-0.4, -0.2) is 64.7 Å². The fourth-order valence-electron chi connectivity index (χ4n) is 3.41. The Kier molecular flexibility index (Phi) is 5.05. The van der Waals surface area contributed by atoms with Crippen LogP contribution in [0.25, 0.3) is 11.0 Å². The summed E-state index contributed by atoms with van der Waals surface area (Å²) in [5.74, 6) is -0.660. The van der Waals surface area contributed by atoms with Gasteiger partial charge >= 0.3 is 0 Å². The number of sulfonamides is 1. The molecule has 0 saturated carbocycles. The fraction of sp³-hybridized carbons (Fsp3) is 0.316. The summed E-state index contributed by atoms with van der Waals surface area (Å²) in [7, 11) is -3.71. The molecule has 0 radical (unpaired) electrons. The summed E-state index contributed by atoms with van der Waals surface area (Å²) >= 11 is 0. The SMILES string of the molecule is CCn1nnc2cc(C(=O)N3CCN(S(=O)(=O)c4ccc(F)cc4)CC3)ccc21. The van der Waals surface area contributed by atoms with Crippen LogP contribution in [0.2, 0.25) is 0 Å². The van der Waals surface area contributed by atoms with Crippen molar-refractivity contribution in [3.63, 3.8) is 0 Å². The van der Waals surface area contributed by atoms with Crippen molar-refractivity contribution in [1.82, 2.24) is 24.2 Å². The van der Waals surface area contributed by atoms with E-state index in [0.29, 0.717) is 17.6 Å². The summed E-state index contributed by atoms with van der Waals surface area (Å²) in [6, 6.07) is 10.0. The molecule has 0 unspecified atom stereocenters. The van der Waals surface area contributed by atoms with Gasteiger partial charge in [0.1, 0.15) is 11.3 Å². The predicted octanol–water partition coefficient (Wildman–Crippen LogP) is 1.74. The second-order valence-electron chi connectivity index (χ2n) is 6.76. The van der Waals surface area contributed by atoms with Crippen LogP contribution in [0.4, 0.5) is 4.39 Å². The van der Waals surface area contributed by atoms with Gasteiger partial charge in [-0.2, -0.15) is 4.31 Å². The lowest BCUT2D eigenvalue weighted by molar-refractivity contribution is 0.0698. The molecule has 10 heteroatoms. The highest BCUT2D eigenvalue weighted by Gasteiger charge is 2.30. The van der Waals surface area contributed by atoms with Gasteiger partial charge in [-0.15, -0.1) is 5.10 Å². The summed E-state index contributed by atoms with van der Waals surface area (Å²) in [6.07, 6.45) is 0. The van der Waals surface area contributed by atoms with Crippen molar-refractivity contribution in [2.75, 3.05) is 26.2 Å². The first kappa shape index (κ1) is 19.5. The van der Waals surface area contributed by atoms with E-state index in [-0.39, 0.29) is 37.0 Å². The zero-order valence-corrected chi connectivity index (χ0v) is 16.6. The zero-order chi connectivity index (χ0) is 20.6. The number of carbonyl (C=O) groups excluding carboxylic acids is 1. The minimum absolute atomic E-state index is 0.0446. The first-order valence-corrected chi connectivity index (χ1v) is 10.7. The van der Waals surface area contributed by atoms with Crippen LogP contribution in [0.5, 0.6) is 0 Å². The Balaban J connectivity index is 1.46. The maximum absolute atomic E-state index is 13.1. The van der Waals surface area contributed by atoms with E-state index < -0.39 is 15.8 Å². The number of aromatic nitrogens is 3. The number of hydrogen-bond donors (Lipinski definition) is 0. The number of halogens is 1. The van der Waals surface area contributed by atoms with Gasteiger partial charge in [0.25, 0.3) is 5.91 Å². The van der Waals surface area contributed by atoms with Crippen LogP contribution in [0.1, 0.15) is 17.3 Å². The van der Waals surface area contributed by atoms with Crippen molar-refractivity contribution >= 4 is 27.0 Å². The van der Waals surface area contributed by atoms with Crippen LogP contribution in [-0.2, 0) is 16.6 Å². The molecule has 1 fully saturated rings. The van der Waals surface area contributed by atoms with Crippen molar-refractivity contribution in [3.8, 4) is 0 Å². The maximum atomic E-state index is 13.1. The molecule has 1 saturated heterocycles. The van der Waals surface area contributed by atoms with E-state index in [1.807, 2.05) is 13.0 Å². The van der Waals surface area contributed by atoms with E-state index in [2.05, 4.69) is 10.3 Å². The molecule has 0 bridgehead atoms. The molecule has 2 heterocycles. The second-order valence-corrected chi connectivity index (χ2v) is 8.70. The summed E-state index contributed by atoms with van der Waals surface area (Å²) in [6.45, 7) is 3.57. The first-order valence-electron chi connectivity index (χ1n) is 9.28. The lowest BCUT2D eigenvalue weighted by atomic mass is 10.1. The lowest BCUT2D eigenvalue weighted by Gasteiger charge is -2.34. The minimum Gasteiger partial charge on any atom is -0.336 e. The van der Waals surface area contributed by atoms with Gasteiger partial charge in [0.05, 0.1) is 10.4 Å². The molecule has 3 aromatic rings. The molecule has 8 nitrogen and oxygen atoms in total. The Morgan fingerprint density at radius 3 is 2.41 bits per heavy atom. The predicted molar refractivity (Wildman–Crippen MR) is 104 cm³/mol. The first-order chi connectivity index (χ1) is 13.9. The highest BCUT2D eigenvalue weighted by atomic mass is 32.2. The van der Waals surface area contributed by atoms with Crippen LogP contribution in [0.15, 0.2) is 47.4 Å². The van der Waals surface area contributed by atoms with Gasteiger partial charge in [-0.1, -0.05) is 5.21 Å². The molecule has 29 heavy (non-hydrogen) atoms. The van der Waals surface area contributed by atoms with Gasteiger partial charge in [-0.3, -0.25) is 4.79 Å². The third-order valence-corrected chi connectivity index (χ3v) is 6.95. The number of rotatable bonds is 4. The number of carbonyl (C=O) groups is 1. The van der Waals surface area contributed by atoms with Gasteiger partial charge in [0.15, 0.2) is 0 Å². The fourth-order valence-corrected chi connectivity index (χ4v) is 4.83. The molecule has 1 aromatic heterocycles. The molecular weight excluding hydrogens is 397 g/mol. The van der Waals surface area contributed by atoms with E-state index in [0.717, 1.165) is 17.6 Å². The number of nitrogens with zero attached hydrogens (tertiary/aromatic N) is 5. The van der Waals surface area contributed by atoms with Crippen molar-refractivity contribution in [2.45, 2.75) is 18.4 Å². The van der Waals surface area contributed by atoms with E-state index in [9.17, 15) is 17.6 Å². The molecule has 152 valence electrons. The summed E-state index contributed by atoms with van der Waals surface area (Å²) in [5, 5.41) is 8.13. The van der Waals surface area contributed by atoms with E-state index in [4.69, 9.17) is 0 Å². The average molecular weight is 417 g/mol. The number of fused-ring (bicyclic) bond motifs is 1. The highest BCUT2D eigenvalue weighted by Crippen LogP contribution is 2.20. The zero-order valence-electron chi connectivity index (χ0n) is 15.8. The van der Waals surface area contributed by atoms with Crippen LogP contribution >= 0.6 is 0 Å². The average Bonchev–Trinajstić information content (AvgIpc) is 3.16. The summed E-state index contributed by atoms with van der Waals surface area (Å²) in [4.78, 5) is 14.5. The number of aryl methyl sites for hydroxylation is 1. The molecule has 0 spiro atoms. The normalized spacial score (nSPS) is 15.7. The Bertz CT molecular complexity index is 1150. The van der Waals surface area contributed by atoms with E-state index >= 15 is 0 Å². The molecule has 1 amide bonds. The third-order valence-electron chi connectivity index (χ3n) is 5.04. The van der Waals surface area contributed by atoms with Gasteiger partial charge in [0, 0.05) is 38.3 Å². The minimum atomic E-state index is -3.71. The number of hydrogen-bond acceptors (Lipinski definition) is 5. The molecule has 0 atom stereocenters. The van der Waals surface area contributed by atoms with Gasteiger partial charge in [-0.25, -0.2) is 17.5 Å². The van der Waals surface area contributed by atoms with Crippen molar-refractivity contribution in [3.05, 3.63) is 53.8 Å². The monoisotopic (exact) mass is 417 g/mol. The van der Waals surface area contributed by atoms with Crippen LogP contribution < -0.4 is 0 Å². The van der Waals surface area contributed by atoms with Gasteiger partial charge in [-0.05, 0) is 49.4 Å². The van der Waals surface area contributed by atoms with Gasteiger partial charge < -0.3 is 4.90 Å². The van der Waals surface area contributed by atoms with Crippen LogP contribution in [0, 0.1) is 5.82 Å². The second kappa shape index (κ2) is 7.53. The Morgan fingerprint density at radius 2 is 1.76 bits per heavy atom. The van der Waals surface area contributed by atoms with E-state index in [1.165, 1.54) is 16.4 Å². The Morgan fingerprint density at radius 1 is 1.07 bits per heavy atom. The molecular formula is C19H20FN5O3S. The van der Waals surface area contributed by atoms with Crippen molar-refractivity contribution < 1.29 is 17.6 Å². The molecule has 0 aliphatic carbocycles. The Hall–Kier alpha value is -2.85. The van der Waals surface area contributed by atoms with Gasteiger partial charge in [0.2, 0.25) is 10.0 Å². The van der Waals surface area contributed by atoms with Crippen molar-refractivity contribution in [2.24, 2.45) is 0 Å². The topological polar surface area (TPSA) is 88.4 Å². The van der Waals surface area contributed by atoms with E-state index in [1.54, 1.807) is 21.7 Å². The number of amides is 1.